The largest absolute Gasteiger partial charge is 0.460 e. The van der Waals surface area contributed by atoms with Gasteiger partial charge in [0.1, 0.15) is 11.3 Å². The number of aromatic nitrogens is 2. The van der Waals surface area contributed by atoms with Gasteiger partial charge in [0, 0.05) is 33.7 Å². The zero-order valence-corrected chi connectivity index (χ0v) is 15.4. The highest BCUT2D eigenvalue weighted by atomic mass is 16.3. The maximum absolute atomic E-state index is 12.1. The van der Waals surface area contributed by atoms with Gasteiger partial charge in [-0.05, 0) is 57.5 Å². The summed E-state index contributed by atoms with van der Waals surface area (Å²) in [5.41, 5.74) is 6.64. The van der Waals surface area contributed by atoms with Gasteiger partial charge in [0.15, 0.2) is 5.78 Å². The summed E-state index contributed by atoms with van der Waals surface area (Å²) in [5.74, 6) is 0.809. The summed E-state index contributed by atoms with van der Waals surface area (Å²) in [6, 6.07) is 14.2. The number of rotatable bonds is 4. The van der Waals surface area contributed by atoms with E-state index in [1.54, 1.807) is 6.92 Å². The van der Waals surface area contributed by atoms with Gasteiger partial charge in [0.2, 0.25) is 0 Å². The number of H-pyrrole nitrogens is 2. The first kappa shape index (κ1) is 16.5. The molecule has 3 heterocycles. The molecule has 132 valence electrons. The number of para-hydroxylation sites is 1. The average Bonchev–Trinajstić information content (AvgIpc) is 3.26. The zero-order chi connectivity index (χ0) is 18.4. The van der Waals surface area contributed by atoms with E-state index in [0.29, 0.717) is 0 Å². The van der Waals surface area contributed by atoms with Crippen molar-refractivity contribution in [3.05, 3.63) is 82.1 Å². The molecule has 4 aromatic rings. The Bertz CT molecular complexity index is 1080. The van der Waals surface area contributed by atoms with Crippen LogP contribution in [0.2, 0.25) is 0 Å². The van der Waals surface area contributed by atoms with Crippen molar-refractivity contribution in [1.29, 1.82) is 0 Å². The Balaban J connectivity index is 1.95. The SMILES string of the molecule is CC(=O)c1c(C)[nH]c(C(c2ccc(C)[nH]2)c2cc3ccccc3o2)c1C. The highest BCUT2D eigenvalue weighted by molar-refractivity contribution is 5.97. The molecular weight excluding hydrogens is 324 g/mol. The maximum Gasteiger partial charge on any atom is 0.161 e. The summed E-state index contributed by atoms with van der Waals surface area (Å²) in [6.45, 7) is 7.60. The summed E-state index contributed by atoms with van der Waals surface area (Å²) in [5, 5.41) is 1.07. The van der Waals surface area contributed by atoms with Crippen molar-refractivity contribution in [3.63, 3.8) is 0 Å². The van der Waals surface area contributed by atoms with Crippen LogP contribution in [0.3, 0.4) is 0 Å². The van der Waals surface area contributed by atoms with Crippen LogP contribution in [-0.4, -0.2) is 15.8 Å². The summed E-state index contributed by atoms with van der Waals surface area (Å²) in [4.78, 5) is 19.0. The van der Waals surface area contributed by atoms with Crippen LogP contribution in [0.15, 0.2) is 46.9 Å². The Morgan fingerprint density at radius 1 is 1.04 bits per heavy atom. The molecule has 0 saturated carbocycles. The number of benzene rings is 1. The fraction of sp³-hybridized carbons (Fsp3) is 0.227. The summed E-state index contributed by atoms with van der Waals surface area (Å²) in [6.07, 6.45) is 0. The number of nitrogens with one attached hydrogen (secondary N) is 2. The third kappa shape index (κ3) is 2.58. The zero-order valence-electron chi connectivity index (χ0n) is 15.4. The Hall–Kier alpha value is -3.01. The number of Topliss-reactive ketones (excluding diaryl/α,β-unsaturated/α-hetero) is 1. The number of carbonyl (C=O) groups is 1. The van der Waals surface area contributed by atoms with E-state index >= 15 is 0 Å². The number of carbonyl (C=O) groups excluding carboxylic acids is 1. The van der Waals surface area contributed by atoms with E-state index in [4.69, 9.17) is 4.42 Å². The first-order chi connectivity index (χ1) is 12.5. The molecule has 0 aliphatic rings. The van der Waals surface area contributed by atoms with Gasteiger partial charge in [-0.1, -0.05) is 18.2 Å². The normalized spacial score (nSPS) is 12.6. The monoisotopic (exact) mass is 346 g/mol. The molecule has 26 heavy (non-hydrogen) atoms. The molecule has 1 atom stereocenters. The number of hydrogen-bond donors (Lipinski definition) is 2. The van der Waals surface area contributed by atoms with Crippen LogP contribution >= 0.6 is 0 Å². The Morgan fingerprint density at radius 2 is 1.81 bits per heavy atom. The third-order valence-corrected chi connectivity index (χ3v) is 5.01. The van der Waals surface area contributed by atoms with Crippen molar-refractivity contribution in [3.8, 4) is 0 Å². The second-order valence-corrected chi connectivity index (χ2v) is 6.94. The molecule has 2 N–H and O–H groups in total. The van der Waals surface area contributed by atoms with Crippen molar-refractivity contribution in [2.75, 3.05) is 0 Å². The molecule has 0 aliphatic heterocycles. The van der Waals surface area contributed by atoms with Crippen molar-refractivity contribution in [2.45, 2.75) is 33.6 Å². The average molecular weight is 346 g/mol. The molecule has 0 fully saturated rings. The number of aryl methyl sites for hydroxylation is 2. The van der Waals surface area contributed by atoms with Crippen molar-refractivity contribution >= 4 is 16.8 Å². The van der Waals surface area contributed by atoms with Crippen LogP contribution in [0.25, 0.3) is 11.0 Å². The number of ketones is 1. The standard InChI is InChI=1S/C22H22N2O2/c1-12-9-10-17(23-12)21(19-11-16-7-5-6-8-18(16)26-19)22-13(2)20(15(4)25)14(3)24-22/h5-11,21,23-24H,1-4H3. The predicted molar refractivity (Wildman–Crippen MR) is 103 cm³/mol. The topological polar surface area (TPSA) is 61.8 Å². The lowest BCUT2D eigenvalue weighted by Crippen LogP contribution is -2.05. The van der Waals surface area contributed by atoms with Crippen molar-refractivity contribution in [2.24, 2.45) is 0 Å². The lowest BCUT2D eigenvalue weighted by molar-refractivity contribution is 0.101. The van der Waals surface area contributed by atoms with Crippen LogP contribution in [-0.2, 0) is 0 Å². The lowest BCUT2D eigenvalue weighted by atomic mass is 9.94. The number of furan rings is 1. The van der Waals surface area contributed by atoms with Crippen LogP contribution in [0.1, 0.15) is 57.3 Å². The first-order valence-electron chi connectivity index (χ1n) is 8.79. The molecule has 1 unspecified atom stereocenters. The quantitative estimate of drug-likeness (QED) is 0.486. The van der Waals surface area contributed by atoms with E-state index in [1.807, 2.05) is 45.0 Å². The van der Waals surface area contributed by atoms with Crippen LogP contribution < -0.4 is 0 Å². The Kier molecular flexibility index (Phi) is 3.83. The van der Waals surface area contributed by atoms with E-state index in [9.17, 15) is 4.79 Å². The maximum atomic E-state index is 12.1. The minimum absolute atomic E-state index is 0.0773. The van der Waals surface area contributed by atoms with E-state index < -0.39 is 0 Å². The Morgan fingerprint density at radius 3 is 2.42 bits per heavy atom. The molecule has 0 saturated heterocycles. The molecule has 3 aromatic heterocycles. The smallest absolute Gasteiger partial charge is 0.161 e. The summed E-state index contributed by atoms with van der Waals surface area (Å²) >= 11 is 0. The molecule has 0 aliphatic carbocycles. The second kappa shape index (κ2) is 6.06. The molecule has 4 rings (SSSR count). The fourth-order valence-electron chi connectivity index (χ4n) is 3.88. The minimum Gasteiger partial charge on any atom is -0.460 e. The van der Waals surface area contributed by atoms with Gasteiger partial charge in [-0.15, -0.1) is 0 Å². The lowest BCUT2D eigenvalue weighted by Gasteiger charge is -2.14. The summed E-state index contributed by atoms with van der Waals surface area (Å²) < 4.78 is 6.19. The molecule has 0 bridgehead atoms. The second-order valence-electron chi connectivity index (χ2n) is 6.94. The molecule has 0 spiro atoms. The van der Waals surface area contributed by atoms with Crippen molar-refractivity contribution < 1.29 is 9.21 Å². The van der Waals surface area contributed by atoms with E-state index in [-0.39, 0.29) is 11.7 Å². The van der Waals surface area contributed by atoms with Crippen LogP contribution in [0, 0.1) is 20.8 Å². The number of hydrogen-bond acceptors (Lipinski definition) is 2. The van der Waals surface area contributed by atoms with Gasteiger partial charge >= 0.3 is 0 Å². The van der Waals surface area contributed by atoms with E-state index in [1.165, 1.54) is 0 Å². The highest BCUT2D eigenvalue weighted by Crippen LogP contribution is 2.37. The molecule has 4 nitrogen and oxygen atoms in total. The van der Waals surface area contributed by atoms with Crippen LogP contribution in [0.4, 0.5) is 0 Å². The van der Waals surface area contributed by atoms with Gasteiger partial charge in [0.05, 0.1) is 5.92 Å². The predicted octanol–water partition coefficient (Wildman–Crippen LogP) is 5.40. The van der Waals surface area contributed by atoms with Gasteiger partial charge in [0.25, 0.3) is 0 Å². The third-order valence-electron chi connectivity index (χ3n) is 5.01. The molecule has 0 amide bonds. The number of aromatic amines is 2. The van der Waals surface area contributed by atoms with Crippen LogP contribution in [0.5, 0.6) is 0 Å². The Labute approximate surface area is 152 Å². The number of fused-ring (bicyclic) bond motifs is 1. The van der Waals surface area contributed by atoms with E-state index in [2.05, 4.69) is 28.2 Å². The van der Waals surface area contributed by atoms with Gasteiger partial charge in [-0.25, -0.2) is 0 Å². The van der Waals surface area contributed by atoms with Gasteiger partial charge < -0.3 is 14.4 Å². The van der Waals surface area contributed by atoms with Gasteiger partial charge in [-0.2, -0.15) is 0 Å². The van der Waals surface area contributed by atoms with E-state index in [0.717, 1.165) is 50.6 Å². The van der Waals surface area contributed by atoms with Gasteiger partial charge in [-0.3, -0.25) is 4.79 Å². The highest BCUT2D eigenvalue weighted by Gasteiger charge is 2.28. The summed E-state index contributed by atoms with van der Waals surface area (Å²) in [7, 11) is 0. The van der Waals surface area contributed by atoms with Crippen molar-refractivity contribution in [1.82, 2.24) is 9.97 Å². The fourth-order valence-corrected chi connectivity index (χ4v) is 3.88. The molecular formula is C22H22N2O2. The molecule has 4 heteroatoms. The minimum atomic E-state index is -0.122. The molecule has 0 radical (unpaired) electrons. The first-order valence-corrected chi connectivity index (χ1v) is 8.79. The molecule has 1 aromatic carbocycles.